The van der Waals surface area contributed by atoms with Gasteiger partial charge >= 0.3 is 0 Å². The summed E-state index contributed by atoms with van der Waals surface area (Å²) in [5.74, 6) is 2.66. The van der Waals surface area contributed by atoms with Crippen molar-refractivity contribution in [3.8, 4) is 0 Å². The van der Waals surface area contributed by atoms with Crippen molar-refractivity contribution < 1.29 is 18.0 Å². The molecule has 1 aromatic carbocycles. The second-order valence-electron chi connectivity index (χ2n) is 5.45. The van der Waals surface area contributed by atoms with E-state index in [1.807, 2.05) is 5.94 Å². The number of hydrogen-bond acceptors (Lipinski definition) is 5. The number of sulfone groups is 1. The molecular formula is C15H15NO4S. The maximum absolute atomic E-state index is 11.8. The fraction of sp³-hybridized carbons (Fsp3) is 0.333. The molecule has 1 N–H and O–H groups in total. The van der Waals surface area contributed by atoms with Gasteiger partial charge in [-0.1, -0.05) is 12.1 Å². The molecule has 1 fully saturated rings. The summed E-state index contributed by atoms with van der Waals surface area (Å²) in [6, 6.07) is 5.14. The topological polar surface area (TPSA) is 72.5 Å². The molecule has 6 heteroatoms. The van der Waals surface area contributed by atoms with E-state index in [2.05, 4.69) is 5.48 Å². The predicted octanol–water partition coefficient (Wildman–Crippen LogP) is 1.77. The average Bonchev–Trinajstić information content (AvgIpc) is 3.17. The van der Waals surface area contributed by atoms with E-state index in [0.717, 1.165) is 18.4 Å². The number of benzene rings is 1. The highest BCUT2D eigenvalue weighted by atomic mass is 32.2. The third-order valence-corrected chi connectivity index (χ3v) is 4.95. The van der Waals surface area contributed by atoms with Gasteiger partial charge in [-0.05, 0) is 37.3 Å². The van der Waals surface area contributed by atoms with Gasteiger partial charge in [-0.2, -0.15) is 0 Å². The first-order valence-electron chi connectivity index (χ1n) is 6.65. The van der Waals surface area contributed by atoms with Crippen LogP contribution in [0, 0.1) is 12.8 Å². The van der Waals surface area contributed by atoms with Gasteiger partial charge in [-0.3, -0.25) is 0 Å². The second-order valence-corrected chi connectivity index (χ2v) is 7.43. The minimum Gasteiger partial charge on any atom is -0.380 e. The minimum atomic E-state index is -3.31. The summed E-state index contributed by atoms with van der Waals surface area (Å²) in [5.41, 5.74) is 5.02. The number of aryl methyl sites for hydroxylation is 1. The average molecular weight is 305 g/mol. The fourth-order valence-corrected chi connectivity index (χ4v) is 3.51. The molecule has 1 aliphatic carbocycles. The van der Waals surface area contributed by atoms with Crippen LogP contribution in [0.25, 0.3) is 5.76 Å². The predicted molar refractivity (Wildman–Crippen MR) is 77.4 cm³/mol. The summed E-state index contributed by atoms with van der Waals surface area (Å²) in [6.07, 6.45) is 3.18. The first kappa shape index (κ1) is 13.9. The normalized spacial score (nSPS) is 18.3. The van der Waals surface area contributed by atoms with Crippen LogP contribution < -0.4 is 5.48 Å². The third-order valence-electron chi connectivity index (χ3n) is 3.71. The maximum Gasteiger partial charge on any atom is 0.175 e. The molecule has 5 nitrogen and oxygen atoms in total. The van der Waals surface area contributed by atoms with Crippen molar-refractivity contribution in [2.24, 2.45) is 5.92 Å². The lowest BCUT2D eigenvalue weighted by molar-refractivity contribution is 0.211. The first-order chi connectivity index (χ1) is 9.91. The molecule has 1 aromatic rings. The van der Waals surface area contributed by atoms with Crippen molar-refractivity contribution in [3.05, 3.63) is 40.6 Å². The molecule has 1 heterocycles. The zero-order chi connectivity index (χ0) is 15.2. The number of allylic oxidation sites excluding steroid dienone is 1. The Bertz CT molecular complexity index is 797. The minimum absolute atomic E-state index is 0.273. The van der Waals surface area contributed by atoms with E-state index >= 15 is 0 Å². The van der Waals surface area contributed by atoms with Gasteiger partial charge < -0.3 is 4.84 Å². The number of carbonyl (C=O) groups excluding carboxylic acids is 1. The van der Waals surface area contributed by atoms with Gasteiger partial charge in [-0.15, -0.1) is 0 Å². The molecule has 110 valence electrons. The molecule has 0 radical (unpaired) electrons. The summed E-state index contributed by atoms with van der Waals surface area (Å²) in [7, 11) is -3.31. The van der Waals surface area contributed by atoms with E-state index in [0.29, 0.717) is 22.6 Å². The van der Waals surface area contributed by atoms with Gasteiger partial charge in [-0.25, -0.2) is 18.7 Å². The van der Waals surface area contributed by atoms with Gasteiger partial charge in [0.2, 0.25) is 0 Å². The summed E-state index contributed by atoms with van der Waals surface area (Å²) < 4.78 is 23.7. The van der Waals surface area contributed by atoms with Crippen molar-refractivity contribution in [1.29, 1.82) is 0 Å². The van der Waals surface area contributed by atoms with Gasteiger partial charge in [0.25, 0.3) is 0 Å². The molecular weight excluding hydrogens is 290 g/mol. The van der Waals surface area contributed by atoms with Crippen LogP contribution in [0.5, 0.6) is 0 Å². The Morgan fingerprint density at radius 2 is 2.05 bits per heavy atom. The van der Waals surface area contributed by atoms with Crippen LogP contribution in [0.1, 0.15) is 24.0 Å². The summed E-state index contributed by atoms with van der Waals surface area (Å²) in [5, 5.41) is 0. The van der Waals surface area contributed by atoms with Crippen molar-refractivity contribution in [2.45, 2.75) is 24.7 Å². The summed E-state index contributed by atoms with van der Waals surface area (Å²) in [4.78, 5) is 16.6. The van der Waals surface area contributed by atoms with Crippen molar-refractivity contribution in [1.82, 2.24) is 5.48 Å². The molecule has 3 rings (SSSR count). The van der Waals surface area contributed by atoms with Crippen LogP contribution in [0.2, 0.25) is 0 Å². The molecule has 0 saturated heterocycles. The largest absolute Gasteiger partial charge is 0.380 e. The Morgan fingerprint density at radius 3 is 2.62 bits per heavy atom. The third kappa shape index (κ3) is 2.48. The highest BCUT2D eigenvalue weighted by Gasteiger charge is 2.37. The van der Waals surface area contributed by atoms with Crippen molar-refractivity contribution >= 4 is 21.5 Å². The van der Waals surface area contributed by atoms with Crippen molar-refractivity contribution in [3.63, 3.8) is 0 Å². The smallest absolute Gasteiger partial charge is 0.175 e. The second kappa shape index (κ2) is 4.76. The van der Waals surface area contributed by atoms with E-state index in [-0.39, 0.29) is 10.8 Å². The molecule has 1 saturated carbocycles. The van der Waals surface area contributed by atoms with Gasteiger partial charge in [0.1, 0.15) is 0 Å². The molecule has 21 heavy (non-hydrogen) atoms. The zero-order valence-electron chi connectivity index (χ0n) is 11.8. The Hall–Kier alpha value is -2.04. The first-order valence-corrected chi connectivity index (χ1v) is 8.54. The lowest BCUT2D eigenvalue weighted by atomic mass is 10.0. The number of hydroxylamine groups is 1. The highest BCUT2D eigenvalue weighted by Crippen LogP contribution is 2.45. The van der Waals surface area contributed by atoms with Crippen LogP contribution in [0.4, 0.5) is 0 Å². The Balaban J connectivity index is 2.17. The van der Waals surface area contributed by atoms with Crippen LogP contribution in [0.3, 0.4) is 0 Å². The SMILES string of the molecule is Cc1ccc(C2=C(C3CC3)C(=C=O)NO2)cc1S(C)(=O)=O. The van der Waals surface area contributed by atoms with E-state index in [4.69, 9.17) is 4.84 Å². The molecule has 0 aromatic heterocycles. The lowest BCUT2D eigenvalue weighted by Crippen LogP contribution is -2.06. The standard InChI is InChI=1S/C15H15NO4S/c1-9-3-4-11(7-13(9)21(2,18)19)15-14(10-5-6-10)12(8-17)16-20-15/h3-4,7,10,16H,5-6H2,1-2H3. The number of hydrogen-bond donors (Lipinski definition) is 1. The molecule has 0 bridgehead atoms. The monoisotopic (exact) mass is 305 g/mol. The molecule has 0 unspecified atom stereocenters. The molecule has 2 aliphatic rings. The fourth-order valence-electron chi connectivity index (χ4n) is 2.52. The molecule has 0 amide bonds. The summed E-state index contributed by atoms with van der Waals surface area (Å²) in [6.45, 7) is 1.75. The van der Waals surface area contributed by atoms with Crippen LogP contribution >= 0.6 is 0 Å². The molecule has 0 spiro atoms. The van der Waals surface area contributed by atoms with Gasteiger partial charge in [0.05, 0.1) is 4.90 Å². The maximum atomic E-state index is 11.8. The van der Waals surface area contributed by atoms with Gasteiger partial charge in [0, 0.05) is 17.4 Å². The zero-order valence-corrected chi connectivity index (χ0v) is 12.6. The van der Waals surface area contributed by atoms with Crippen LogP contribution in [-0.4, -0.2) is 20.6 Å². The quantitative estimate of drug-likeness (QED) is 0.862. The van der Waals surface area contributed by atoms with E-state index in [1.54, 1.807) is 25.1 Å². The van der Waals surface area contributed by atoms with Crippen molar-refractivity contribution in [2.75, 3.05) is 6.26 Å². The van der Waals surface area contributed by atoms with Gasteiger partial charge in [0.15, 0.2) is 27.2 Å². The summed E-state index contributed by atoms with van der Waals surface area (Å²) >= 11 is 0. The molecule has 0 atom stereocenters. The van der Waals surface area contributed by atoms with E-state index in [1.165, 1.54) is 6.26 Å². The Labute approximate surface area is 123 Å². The highest BCUT2D eigenvalue weighted by molar-refractivity contribution is 7.90. The van der Waals surface area contributed by atoms with E-state index < -0.39 is 9.84 Å². The van der Waals surface area contributed by atoms with E-state index in [9.17, 15) is 13.2 Å². The van der Waals surface area contributed by atoms with Crippen LogP contribution in [-0.2, 0) is 19.5 Å². The van der Waals surface area contributed by atoms with Crippen LogP contribution in [0.15, 0.2) is 34.4 Å². The number of nitrogens with one attached hydrogen (secondary N) is 1. The Kier molecular flexibility index (Phi) is 3.15. The lowest BCUT2D eigenvalue weighted by Gasteiger charge is -2.08. The Morgan fingerprint density at radius 1 is 1.33 bits per heavy atom. The molecule has 1 aliphatic heterocycles. The number of rotatable bonds is 3.